The number of para-hydroxylation sites is 1. The van der Waals surface area contributed by atoms with E-state index in [2.05, 4.69) is 96.8 Å². The third-order valence-corrected chi connectivity index (χ3v) is 3.60. The summed E-state index contributed by atoms with van der Waals surface area (Å²) in [5.41, 5.74) is 5.02. The maximum atomic E-state index is 2.34. The zero-order chi connectivity index (χ0) is 14.5. The van der Waals surface area contributed by atoms with E-state index >= 15 is 0 Å². The highest BCUT2D eigenvalue weighted by Gasteiger charge is 2.09. The Labute approximate surface area is 126 Å². The van der Waals surface area contributed by atoms with Crippen molar-refractivity contribution in [3.63, 3.8) is 0 Å². The topological polar surface area (TPSA) is 3.24 Å². The predicted molar refractivity (Wildman–Crippen MR) is 89.9 cm³/mol. The van der Waals surface area contributed by atoms with Crippen LogP contribution in [0.4, 0.5) is 11.4 Å². The standard InChI is InChI=1S/C20H19N/c1-17-12-14-20(15-13-17)21(19-10-6-3-7-11-19)16-18-8-4-2-5-9-18/h2-15H,16H2,1H3. The molecule has 0 saturated carbocycles. The summed E-state index contributed by atoms with van der Waals surface area (Å²) < 4.78 is 0. The molecule has 21 heavy (non-hydrogen) atoms. The van der Waals surface area contributed by atoms with Gasteiger partial charge in [-0.3, -0.25) is 0 Å². The van der Waals surface area contributed by atoms with Crippen LogP contribution in [0.1, 0.15) is 11.1 Å². The van der Waals surface area contributed by atoms with Gasteiger partial charge in [-0.15, -0.1) is 0 Å². The number of rotatable bonds is 4. The first-order valence-corrected chi connectivity index (χ1v) is 7.26. The van der Waals surface area contributed by atoms with Crippen molar-refractivity contribution in [2.24, 2.45) is 0 Å². The molecule has 0 aliphatic carbocycles. The lowest BCUT2D eigenvalue weighted by Crippen LogP contribution is -2.16. The van der Waals surface area contributed by atoms with E-state index in [0.717, 1.165) is 6.54 Å². The van der Waals surface area contributed by atoms with Gasteiger partial charge in [-0.05, 0) is 36.8 Å². The lowest BCUT2D eigenvalue weighted by Gasteiger charge is -2.25. The molecule has 0 unspecified atom stereocenters. The van der Waals surface area contributed by atoms with Crippen molar-refractivity contribution in [1.82, 2.24) is 0 Å². The second-order valence-corrected chi connectivity index (χ2v) is 5.24. The van der Waals surface area contributed by atoms with Crippen LogP contribution in [-0.2, 0) is 6.54 Å². The smallest absolute Gasteiger partial charge is 0.0481 e. The van der Waals surface area contributed by atoms with E-state index in [-0.39, 0.29) is 0 Å². The minimum absolute atomic E-state index is 0.869. The normalized spacial score (nSPS) is 10.3. The molecule has 0 fully saturated rings. The van der Waals surface area contributed by atoms with Gasteiger partial charge in [-0.1, -0.05) is 66.2 Å². The molecule has 1 nitrogen and oxygen atoms in total. The molecule has 0 radical (unpaired) electrons. The maximum absolute atomic E-state index is 2.34. The Hall–Kier alpha value is -2.54. The van der Waals surface area contributed by atoms with Crippen LogP contribution in [0.25, 0.3) is 0 Å². The van der Waals surface area contributed by atoms with Crippen LogP contribution in [0.5, 0.6) is 0 Å². The Balaban J connectivity index is 1.97. The van der Waals surface area contributed by atoms with E-state index in [1.54, 1.807) is 0 Å². The van der Waals surface area contributed by atoms with Gasteiger partial charge in [0.1, 0.15) is 0 Å². The summed E-state index contributed by atoms with van der Waals surface area (Å²) in [6.45, 7) is 2.99. The first kappa shape index (κ1) is 13.4. The van der Waals surface area contributed by atoms with Gasteiger partial charge in [0.2, 0.25) is 0 Å². The summed E-state index contributed by atoms with van der Waals surface area (Å²) >= 11 is 0. The Morgan fingerprint density at radius 3 is 1.76 bits per heavy atom. The van der Waals surface area contributed by atoms with Crippen LogP contribution in [0.2, 0.25) is 0 Å². The van der Waals surface area contributed by atoms with Crippen molar-refractivity contribution < 1.29 is 0 Å². The van der Waals surface area contributed by atoms with Gasteiger partial charge in [0.25, 0.3) is 0 Å². The molecule has 3 aromatic rings. The molecule has 104 valence electrons. The molecular weight excluding hydrogens is 254 g/mol. The van der Waals surface area contributed by atoms with Crippen molar-refractivity contribution in [3.8, 4) is 0 Å². The fourth-order valence-corrected chi connectivity index (χ4v) is 2.43. The Bertz CT molecular complexity index is 672. The Morgan fingerprint density at radius 2 is 1.14 bits per heavy atom. The zero-order valence-corrected chi connectivity index (χ0v) is 12.2. The van der Waals surface area contributed by atoms with Gasteiger partial charge >= 0.3 is 0 Å². The molecule has 0 heterocycles. The summed E-state index contributed by atoms with van der Waals surface area (Å²) in [5, 5.41) is 0. The molecule has 0 N–H and O–H groups in total. The fourth-order valence-electron chi connectivity index (χ4n) is 2.43. The number of hydrogen-bond acceptors (Lipinski definition) is 1. The summed E-state index contributed by atoms with van der Waals surface area (Å²) in [5.74, 6) is 0. The molecule has 1 heteroatoms. The summed E-state index contributed by atoms with van der Waals surface area (Å²) in [4.78, 5) is 2.34. The van der Waals surface area contributed by atoms with E-state index in [0.29, 0.717) is 0 Å². The van der Waals surface area contributed by atoms with Crippen LogP contribution in [0.15, 0.2) is 84.9 Å². The molecule has 3 aromatic carbocycles. The van der Waals surface area contributed by atoms with Crippen LogP contribution >= 0.6 is 0 Å². The van der Waals surface area contributed by atoms with Crippen LogP contribution in [-0.4, -0.2) is 0 Å². The summed E-state index contributed by atoms with van der Waals surface area (Å²) in [7, 11) is 0. The lowest BCUT2D eigenvalue weighted by molar-refractivity contribution is 0.975. The van der Waals surface area contributed by atoms with Crippen molar-refractivity contribution in [2.45, 2.75) is 13.5 Å². The predicted octanol–water partition coefficient (Wildman–Crippen LogP) is 5.33. The highest BCUT2D eigenvalue weighted by molar-refractivity contribution is 5.63. The fraction of sp³-hybridized carbons (Fsp3) is 0.100. The number of benzene rings is 3. The zero-order valence-electron chi connectivity index (χ0n) is 12.2. The highest BCUT2D eigenvalue weighted by Crippen LogP contribution is 2.27. The molecular formula is C20H19N. The van der Waals surface area contributed by atoms with Gasteiger partial charge < -0.3 is 4.90 Å². The van der Waals surface area contributed by atoms with Gasteiger partial charge in [0, 0.05) is 17.9 Å². The second-order valence-electron chi connectivity index (χ2n) is 5.24. The Morgan fingerprint density at radius 1 is 0.619 bits per heavy atom. The van der Waals surface area contributed by atoms with Crippen LogP contribution in [0, 0.1) is 6.92 Å². The average molecular weight is 273 g/mol. The van der Waals surface area contributed by atoms with Crippen molar-refractivity contribution >= 4 is 11.4 Å². The largest absolute Gasteiger partial charge is 0.337 e. The van der Waals surface area contributed by atoms with Crippen LogP contribution in [0.3, 0.4) is 0 Å². The summed E-state index contributed by atoms with van der Waals surface area (Å²) in [6, 6.07) is 29.8. The average Bonchev–Trinajstić information content (AvgIpc) is 2.55. The molecule has 0 aromatic heterocycles. The van der Waals surface area contributed by atoms with E-state index in [9.17, 15) is 0 Å². The lowest BCUT2D eigenvalue weighted by atomic mass is 10.1. The molecule has 0 bridgehead atoms. The van der Waals surface area contributed by atoms with Crippen LogP contribution < -0.4 is 4.90 Å². The number of hydrogen-bond donors (Lipinski definition) is 0. The van der Waals surface area contributed by atoms with Crippen molar-refractivity contribution in [1.29, 1.82) is 0 Å². The van der Waals surface area contributed by atoms with Gasteiger partial charge in [0.15, 0.2) is 0 Å². The number of nitrogens with zero attached hydrogens (tertiary/aromatic N) is 1. The maximum Gasteiger partial charge on any atom is 0.0481 e. The van der Waals surface area contributed by atoms with Gasteiger partial charge in [-0.2, -0.15) is 0 Å². The number of anilines is 2. The van der Waals surface area contributed by atoms with Gasteiger partial charge in [0.05, 0.1) is 0 Å². The number of aryl methyl sites for hydroxylation is 1. The molecule has 0 amide bonds. The quantitative estimate of drug-likeness (QED) is 0.620. The highest BCUT2D eigenvalue weighted by atomic mass is 15.1. The van der Waals surface area contributed by atoms with E-state index in [4.69, 9.17) is 0 Å². The third kappa shape index (κ3) is 3.32. The molecule has 0 aliphatic rings. The molecule has 0 atom stereocenters. The molecule has 3 rings (SSSR count). The van der Waals surface area contributed by atoms with E-state index < -0.39 is 0 Å². The minimum atomic E-state index is 0.869. The first-order chi connectivity index (χ1) is 10.3. The van der Waals surface area contributed by atoms with Crippen molar-refractivity contribution in [2.75, 3.05) is 4.90 Å². The second kappa shape index (κ2) is 6.27. The minimum Gasteiger partial charge on any atom is -0.337 e. The summed E-state index contributed by atoms with van der Waals surface area (Å²) in [6.07, 6.45) is 0. The van der Waals surface area contributed by atoms with Gasteiger partial charge in [-0.25, -0.2) is 0 Å². The SMILES string of the molecule is Cc1ccc(N(Cc2ccccc2)c2ccccc2)cc1. The molecule has 0 spiro atoms. The van der Waals surface area contributed by atoms with E-state index in [1.807, 2.05) is 0 Å². The van der Waals surface area contributed by atoms with Crippen molar-refractivity contribution in [3.05, 3.63) is 96.1 Å². The molecule has 0 aliphatic heterocycles. The Kier molecular flexibility index (Phi) is 4.02. The molecule has 0 saturated heterocycles. The van der Waals surface area contributed by atoms with E-state index in [1.165, 1.54) is 22.5 Å². The monoisotopic (exact) mass is 273 g/mol. The third-order valence-electron chi connectivity index (χ3n) is 3.60. The first-order valence-electron chi connectivity index (χ1n) is 7.26.